The van der Waals surface area contributed by atoms with E-state index in [9.17, 15) is 9.59 Å². The highest BCUT2D eigenvalue weighted by Crippen LogP contribution is 2.29. The molecule has 0 saturated carbocycles. The summed E-state index contributed by atoms with van der Waals surface area (Å²) in [5.74, 6) is 0.0430. The number of fused-ring (bicyclic) bond motifs is 1. The lowest BCUT2D eigenvalue weighted by Crippen LogP contribution is -2.15. The topological polar surface area (TPSA) is 65.7 Å². The van der Waals surface area contributed by atoms with Crippen molar-refractivity contribution < 1.29 is 18.7 Å². The molecule has 0 fully saturated rings. The Morgan fingerprint density at radius 1 is 1.11 bits per heavy atom. The van der Waals surface area contributed by atoms with E-state index in [2.05, 4.69) is 6.92 Å². The fourth-order valence-electron chi connectivity index (χ4n) is 3.05. The maximum Gasteiger partial charge on any atom is 0.344 e. The Morgan fingerprint density at radius 2 is 1.89 bits per heavy atom. The summed E-state index contributed by atoms with van der Waals surface area (Å²) >= 11 is 0. The molecule has 146 valence electrons. The van der Waals surface area contributed by atoms with Crippen LogP contribution in [0.5, 0.6) is 5.75 Å². The van der Waals surface area contributed by atoms with E-state index in [1.54, 1.807) is 12.1 Å². The molecule has 0 radical (unpaired) electrons. The summed E-state index contributed by atoms with van der Waals surface area (Å²) in [6, 6.07) is 14.7. The van der Waals surface area contributed by atoms with E-state index in [1.165, 1.54) is 0 Å². The smallest absolute Gasteiger partial charge is 0.344 e. The van der Waals surface area contributed by atoms with Gasteiger partial charge in [-0.25, -0.2) is 9.59 Å². The van der Waals surface area contributed by atoms with Crippen molar-refractivity contribution in [1.82, 2.24) is 0 Å². The minimum atomic E-state index is -0.457. The first-order valence-electron chi connectivity index (χ1n) is 9.47. The number of carbonyl (C=O) groups excluding carboxylic acids is 1. The summed E-state index contributed by atoms with van der Waals surface area (Å²) in [7, 11) is 0. The number of esters is 1. The molecule has 1 heterocycles. The average molecular weight is 380 g/mol. The quantitative estimate of drug-likeness (QED) is 0.423. The first-order chi connectivity index (χ1) is 13.6. The van der Waals surface area contributed by atoms with Gasteiger partial charge in [0.15, 0.2) is 6.61 Å². The van der Waals surface area contributed by atoms with Crippen LogP contribution in [0.3, 0.4) is 0 Å². The predicted molar refractivity (Wildman–Crippen MR) is 108 cm³/mol. The van der Waals surface area contributed by atoms with E-state index >= 15 is 0 Å². The third kappa shape index (κ3) is 4.80. The first-order valence-corrected chi connectivity index (χ1v) is 9.47. The van der Waals surface area contributed by atoms with E-state index in [-0.39, 0.29) is 18.8 Å². The summed E-state index contributed by atoms with van der Waals surface area (Å²) < 4.78 is 16.3. The van der Waals surface area contributed by atoms with Gasteiger partial charge in [0.2, 0.25) is 0 Å². The van der Waals surface area contributed by atoms with Crippen LogP contribution in [0.25, 0.3) is 11.0 Å². The van der Waals surface area contributed by atoms with Crippen LogP contribution in [0, 0.1) is 6.92 Å². The zero-order valence-electron chi connectivity index (χ0n) is 16.2. The molecule has 2 aromatic carbocycles. The van der Waals surface area contributed by atoms with Gasteiger partial charge >= 0.3 is 11.6 Å². The number of ether oxygens (including phenoxy) is 2. The molecule has 0 aliphatic heterocycles. The second-order valence-electron chi connectivity index (χ2n) is 6.69. The third-order valence-corrected chi connectivity index (χ3v) is 4.58. The summed E-state index contributed by atoms with van der Waals surface area (Å²) in [6.07, 6.45) is 2.88. The van der Waals surface area contributed by atoms with Crippen LogP contribution in [-0.4, -0.2) is 12.6 Å². The number of carbonyl (C=O) groups is 1. The van der Waals surface area contributed by atoms with Crippen molar-refractivity contribution >= 4 is 16.9 Å². The van der Waals surface area contributed by atoms with Crippen LogP contribution in [0.15, 0.2) is 57.7 Å². The van der Waals surface area contributed by atoms with Gasteiger partial charge in [0.25, 0.3) is 0 Å². The largest absolute Gasteiger partial charge is 0.481 e. The molecule has 1 aromatic heterocycles. The Balaban J connectivity index is 1.70. The van der Waals surface area contributed by atoms with Crippen LogP contribution in [0.2, 0.25) is 0 Å². The van der Waals surface area contributed by atoms with Crippen molar-refractivity contribution in [3.05, 3.63) is 75.6 Å². The average Bonchev–Trinajstić information content (AvgIpc) is 2.71. The number of hydrogen-bond donors (Lipinski definition) is 0. The van der Waals surface area contributed by atoms with Crippen LogP contribution in [-0.2, 0) is 22.6 Å². The highest BCUT2D eigenvalue weighted by Gasteiger charge is 2.13. The Morgan fingerprint density at radius 3 is 2.64 bits per heavy atom. The first kappa shape index (κ1) is 19.7. The number of aryl methyl sites for hydroxylation is 2. The zero-order valence-corrected chi connectivity index (χ0v) is 16.2. The van der Waals surface area contributed by atoms with Crippen molar-refractivity contribution in [3.8, 4) is 5.75 Å². The van der Waals surface area contributed by atoms with Gasteiger partial charge in [-0.15, -0.1) is 0 Å². The molecule has 3 rings (SSSR count). The Kier molecular flexibility index (Phi) is 6.48. The third-order valence-electron chi connectivity index (χ3n) is 4.58. The molecule has 0 aliphatic carbocycles. The molecule has 28 heavy (non-hydrogen) atoms. The second-order valence-corrected chi connectivity index (χ2v) is 6.69. The summed E-state index contributed by atoms with van der Waals surface area (Å²) in [5.41, 5.74) is 2.72. The van der Waals surface area contributed by atoms with Gasteiger partial charge < -0.3 is 13.9 Å². The zero-order chi connectivity index (χ0) is 19.9. The van der Waals surface area contributed by atoms with Crippen molar-refractivity contribution in [2.24, 2.45) is 0 Å². The maximum atomic E-state index is 12.0. The lowest BCUT2D eigenvalue weighted by atomic mass is 10.0. The molecule has 0 atom stereocenters. The molecule has 0 N–H and O–H groups in total. The number of benzene rings is 2. The minimum Gasteiger partial charge on any atom is -0.481 e. The van der Waals surface area contributed by atoms with Gasteiger partial charge in [-0.2, -0.15) is 0 Å². The Hall–Kier alpha value is -3.08. The Bertz CT molecular complexity index is 1000. The molecule has 5 heteroatoms. The SMILES string of the molecule is CCCCc1cc(=O)oc2c(C)c(OCC(=O)OCc3ccccc3)ccc12. The van der Waals surface area contributed by atoms with Gasteiger partial charge in [0.1, 0.15) is 17.9 Å². The van der Waals surface area contributed by atoms with Crippen molar-refractivity contribution in [1.29, 1.82) is 0 Å². The molecule has 0 spiro atoms. The fourth-order valence-corrected chi connectivity index (χ4v) is 3.05. The number of unbranched alkanes of at least 4 members (excludes halogenated alkanes) is 1. The van der Waals surface area contributed by atoms with Gasteiger partial charge in [-0.1, -0.05) is 43.7 Å². The Labute approximate surface area is 163 Å². The highest BCUT2D eigenvalue weighted by molar-refractivity contribution is 5.85. The van der Waals surface area contributed by atoms with E-state index < -0.39 is 5.97 Å². The highest BCUT2D eigenvalue weighted by atomic mass is 16.6. The normalized spacial score (nSPS) is 10.8. The van der Waals surface area contributed by atoms with E-state index in [0.29, 0.717) is 16.9 Å². The molecule has 0 aliphatic rings. The van der Waals surface area contributed by atoms with Crippen molar-refractivity contribution in [2.75, 3.05) is 6.61 Å². The van der Waals surface area contributed by atoms with Gasteiger partial charge in [-0.3, -0.25) is 0 Å². The minimum absolute atomic E-state index is 0.204. The molecular formula is C23H24O5. The lowest BCUT2D eigenvalue weighted by Gasteiger charge is -2.12. The predicted octanol–water partition coefficient (Wildman–Crippen LogP) is 4.57. The molecule has 0 unspecified atom stereocenters. The summed E-state index contributed by atoms with van der Waals surface area (Å²) in [4.78, 5) is 23.9. The van der Waals surface area contributed by atoms with Crippen LogP contribution in [0.4, 0.5) is 0 Å². The number of rotatable bonds is 8. The molecule has 3 aromatic rings. The van der Waals surface area contributed by atoms with E-state index in [4.69, 9.17) is 13.9 Å². The van der Waals surface area contributed by atoms with Gasteiger partial charge in [0, 0.05) is 17.0 Å². The molecule has 0 bridgehead atoms. The standard InChI is InChI=1S/C23H24O5/c1-3-4-10-18-13-21(24)28-23-16(2)20(12-11-19(18)23)26-15-22(25)27-14-17-8-6-5-7-9-17/h5-9,11-13H,3-4,10,14-15H2,1-2H3. The molecule has 5 nitrogen and oxygen atoms in total. The molecular weight excluding hydrogens is 356 g/mol. The maximum absolute atomic E-state index is 12.0. The van der Waals surface area contributed by atoms with Crippen LogP contribution < -0.4 is 10.4 Å². The lowest BCUT2D eigenvalue weighted by molar-refractivity contribution is -0.147. The van der Waals surface area contributed by atoms with Crippen molar-refractivity contribution in [3.63, 3.8) is 0 Å². The van der Waals surface area contributed by atoms with Gasteiger partial charge in [-0.05, 0) is 43.0 Å². The van der Waals surface area contributed by atoms with Crippen LogP contribution >= 0.6 is 0 Å². The van der Waals surface area contributed by atoms with Gasteiger partial charge in [0.05, 0.1) is 0 Å². The molecule has 0 amide bonds. The van der Waals surface area contributed by atoms with Crippen LogP contribution in [0.1, 0.15) is 36.5 Å². The van der Waals surface area contributed by atoms with E-state index in [0.717, 1.165) is 35.8 Å². The number of hydrogen-bond acceptors (Lipinski definition) is 5. The molecule has 0 saturated heterocycles. The summed E-state index contributed by atoms with van der Waals surface area (Å²) in [6.45, 7) is 3.93. The monoisotopic (exact) mass is 380 g/mol. The van der Waals surface area contributed by atoms with Crippen molar-refractivity contribution in [2.45, 2.75) is 39.7 Å². The summed E-state index contributed by atoms with van der Waals surface area (Å²) in [5, 5.41) is 0.907. The fraction of sp³-hybridized carbons (Fsp3) is 0.304. The van der Waals surface area contributed by atoms with E-state index in [1.807, 2.05) is 43.3 Å². The second kappa shape index (κ2) is 9.22.